The van der Waals surface area contributed by atoms with Crippen LogP contribution < -0.4 is 4.57 Å². The van der Waals surface area contributed by atoms with Crippen LogP contribution in [0.4, 0.5) is 0 Å². The highest BCUT2D eigenvalue weighted by molar-refractivity contribution is 6.04. The number of aryl methyl sites for hydroxylation is 1. The molecule has 0 fully saturated rings. The first-order chi connectivity index (χ1) is 11.7. The molecule has 1 aromatic heterocycles. The third-order valence-electron chi connectivity index (χ3n) is 5.19. The van der Waals surface area contributed by atoms with E-state index in [4.69, 9.17) is 0 Å². The van der Waals surface area contributed by atoms with Crippen LogP contribution in [0.25, 0.3) is 11.1 Å². The topological polar surface area (TPSA) is 3.88 Å². The van der Waals surface area contributed by atoms with E-state index >= 15 is 0 Å². The standard InChI is InChI=1S/C23H22N/c1-16-14-15-20-21(17(2)23(20)24(16)3)22(18-10-6-4-7-11-18)19-12-8-5-9-13-19/h4-15,17H,1-3H3/q+1/t17-/m1/s1. The summed E-state index contributed by atoms with van der Waals surface area (Å²) in [5.74, 6) is 0.445. The number of hydrogen-bond donors (Lipinski definition) is 0. The molecule has 1 aliphatic rings. The summed E-state index contributed by atoms with van der Waals surface area (Å²) < 4.78 is 2.33. The van der Waals surface area contributed by atoms with Crippen molar-refractivity contribution < 1.29 is 4.57 Å². The fourth-order valence-corrected chi connectivity index (χ4v) is 3.85. The molecule has 24 heavy (non-hydrogen) atoms. The molecule has 118 valence electrons. The van der Waals surface area contributed by atoms with Crippen molar-refractivity contribution in [3.63, 3.8) is 0 Å². The lowest BCUT2D eigenvalue weighted by atomic mass is 9.72. The van der Waals surface area contributed by atoms with Crippen molar-refractivity contribution in [1.82, 2.24) is 0 Å². The number of benzene rings is 2. The Morgan fingerprint density at radius 1 is 0.792 bits per heavy atom. The Bertz CT molecular complexity index is 880. The smallest absolute Gasteiger partial charge is 0.196 e. The van der Waals surface area contributed by atoms with Crippen molar-refractivity contribution in [3.8, 4) is 0 Å². The highest BCUT2D eigenvalue weighted by Gasteiger charge is 2.39. The molecule has 0 saturated heterocycles. The maximum absolute atomic E-state index is 2.33. The molecule has 1 nitrogen and oxygen atoms in total. The Labute approximate surface area is 143 Å². The summed E-state index contributed by atoms with van der Waals surface area (Å²) in [5, 5.41) is 0. The van der Waals surface area contributed by atoms with E-state index in [1.807, 2.05) is 0 Å². The fourth-order valence-electron chi connectivity index (χ4n) is 3.85. The number of aromatic nitrogens is 1. The first kappa shape index (κ1) is 14.9. The lowest BCUT2D eigenvalue weighted by Crippen LogP contribution is -2.43. The predicted molar refractivity (Wildman–Crippen MR) is 99.6 cm³/mol. The van der Waals surface area contributed by atoms with Gasteiger partial charge in [-0.05, 0) is 35.3 Å². The van der Waals surface area contributed by atoms with E-state index in [-0.39, 0.29) is 0 Å². The zero-order valence-electron chi connectivity index (χ0n) is 14.5. The molecule has 2 aromatic carbocycles. The Morgan fingerprint density at radius 3 is 1.88 bits per heavy atom. The second kappa shape index (κ2) is 5.76. The quantitative estimate of drug-likeness (QED) is 0.593. The molecule has 1 heterocycles. The molecule has 0 N–H and O–H groups in total. The van der Waals surface area contributed by atoms with Crippen LogP contribution in [0.2, 0.25) is 0 Å². The first-order valence-corrected chi connectivity index (χ1v) is 8.53. The summed E-state index contributed by atoms with van der Waals surface area (Å²) in [6, 6.07) is 26.0. The predicted octanol–water partition coefficient (Wildman–Crippen LogP) is 4.90. The van der Waals surface area contributed by atoms with Crippen LogP contribution in [-0.2, 0) is 7.05 Å². The largest absolute Gasteiger partial charge is 0.202 e. The van der Waals surface area contributed by atoms with Gasteiger partial charge in [-0.15, -0.1) is 0 Å². The lowest BCUT2D eigenvalue weighted by molar-refractivity contribution is -0.687. The van der Waals surface area contributed by atoms with E-state index < -0.39 is 0 Å². The van der Waals surface area contributed by atoms with Gasteiger partial charge in [0.15, 0.2) is 11.4 Å². The maximum atomic E-state index is 2.33. The summed E-state index contributed by atoms with van der Waals surface area (Å²) in [5.41, 5.74) is 9.53. The summed E-state index contributed by atoms with van der Waals surface area (Å²) in [6.07, 6.45) is 0. The van der Waals surface area contributed by atoms with Crippen LogP contribution in [0.1, 0.15) is 40.9 Å². The third-order valence-corrected chi connectivity index (χ3v) is 5.19. The van der Waals surface area contributed by atoms with Crippen LogP contribution in [0.5, 0.6) is 0 Å². The monoisotopic (exact) mass is 312 g/mol. The molecule has 0 saturated carbocycles. The van der Waals surface area contributed by atoms with Crippen molar-refractivity contribution in [3.05, 3.63) is 101 Å². The SMILES string of the molecule is Cc1ccc2c([n+]1C)[C@H](C)C2=C(c1ccccc1)c1ccccc1. The molecular weight excluding hydrogens is 290 g/mol. The van der Waals surface area contributed by atoms with Gasteiger partial charge in [-0.2, -0.15) is 0 Å². The van der Waals surface area contributed by atoms with Crippen LogP contribution in [-0.4, -0.2) is 0 Å². The van der Waals surface area contributed by atoms with Crippen molar-refractivity contribution in [2.75, 3.05) is 0 Å². The molecule has 0 bridgehead atoms. The average molecular weight is 312 g/mol. The van der Waals surface area contributed by atoms with Gasteiger partial charge in [0.2, 0.25) is 0 Å². The maximum Gasteiger partial charge on any atom is 0.196 e. The van der Waals surface area contributed by atoms with Crippen molar-refractivity contribution in [2.24, 2.45) is 7.05 Å². The van der Waals surface area contributed by atoms with Gasteiger partial charge in [0.25, 0.3) is 0 Å². The number of allylic oxidation sites excluding steroid dienone is 1. The van der Waals surface area contributed by atoms with E-state index in [2.05, 4.69) is 98.3 Å². The normalized spacial score (nSPS) is 15.6. The van der Waals surface area contributed by atoms with Crippen molar-refractivity contribution >= 4 is 11.1 Å². The van der Waals surface area contributed by atoms with Gasteiger partial charge in [0, 0.05) is 18.6 Å². The summed E-state index contributed by atoms with van der Waals surface area (Å²) >= 11 is 0. The minimum Gasteiger partial charge on any atom is -0.202 e. The summed E-state index contributed by atoms with van der Waals surface area (Å²) in [4.78, 5) is 0. The molecule has 4 rings (SSSR count). The van der Waals surface area contributed by atoms with Gasteiger partial charge in [-0.1, -0.05) is 60.7 Å². The second-order valence-electron chi connectivity index (χ2n) is 6.58. The zero-order chi connectivity index (χ0) is 16.7. The van der Waals surface area contributed by atoms with Gasteiger partial charge in [-0.3, -0.25) is 0 Å². The first-order valence-electron chi connectivity index (χ1n) is 8.53. The molecule has 1 heteroatoms. The summed E-state index contributed by atoms with van der Waals surface area (Å²) in [7, 11) is 2.17. The zero-order valence-corrected chi connectivity index (χ0v) is 14.5. The van der Waals surface area contributed by atoms with Gasteiger partial charge < -0.3 is 0 Å². The number of nitrogens with zero attached hydrogens (tertiary/aromatic N) is 1. The second-order valence-corrected chi connectivity index (χ2v) is 6.58. The molecule has 0 unspecified atom stereocenters. The van der Waals surface area contributed by atoms with Gasteiger partial charge in [-0.25, -0.2) is 4.57 Å². The Morgan fingerprint density at radius 2 is 1.33 bits per heavy atom. The number of hydrogen-bond acceptors (Lipinski definition) is 0. The van der Waals surface area contributed by atoms with Gasteiger partial charge >= 0.3 is 0 Å². The summed E-state index contributed by atoms with van der Waals surface area (Å²) in [6.45, 7) is 4.49. The molecule has 0 spiro atoms. The van der Waals surface area contributed by atoms with Crippen LogP contribution >= 0.6 is 0 Å². The van der Waals surface area contributed by atoms with Gasteiger partial charge in [0.05, 0.1) is 5.92 Å². The van der Waals surface area contributed by atoms with Crippen molar-refractivity contribution in [2.45, 2.75) is 19.8 Å². The molecule has 3 aromatic rings. The highest BCUT2D eigenvalue weighted by atomic mass is 15.0. The van der Waals surface area contributed by atoms with E-state index in [0.717, 1.165) is 0 Å². The number of rotatable bonds is 2. The molecule has 1 atom stereocenters. The fraction of sp³-hybridized carbons (Fsp3) is 0.174. The minimum atomic E-state index is 0.445. The molecule has 0 radical (unpaired) electrons. The van der Waals surface area contributed by atoms with E-state index in [1.54, 1.807) is 0 Å². The average Bonchev–Trinajstić information content (AvgIpc) is 2.63. The minimum absolute atomic E-state index is 0.445. The molecule has 0 aliphatic heterocycles. The molecule has 0 amide bonds. The van der Waals surface area contributed by atoms with E-state index in [0.29, 0.717) is 5.92 Å². The van der Waals surface area contributed by atoms with Crippen molar-refractivity contribution in [1.29, 1.82) is 0 Å². The molecular formula is C23H22N+. The highest BCUT2D eigenvalue weighted by Crippen LogP contribution is 2.49. The van der Waals surface area contributed by atoms with E-state index in [9.17, 15) is 0 Å². The van der Waals surface area contributed by atoms with Crippen LogP contribution in [0.3, 0.4) is 0 Å². The molecule has 1 aliphatic carbocycles. The number of pyridine rings is 1. The Hall–Kier alpha value is -2.67. The third kappa shape index (κ3) is 2.20. The van der Waals surface area contributed by atoms with Gasteiger partial charge in [0.1, 0.15) is 7.05 Å². The van der Waals surface area contributed by atoms with Crippen LogP contribution in [0, 0.1) is 6.92 Å². The Balaban J connectivity index is 2.01. The lowest BCUT2D eigenvalue weighted by Gasteiger charge is -2.31. The van der Waals surface area contributed by atoms with Crippen LogP contribution in [0.15, 0.2) is 72.8 Å². The van der Waals surface area contributed by atoms with E-state index in [1.165, 1.54) is 39.2 Å². The Kier molecular flexibility index (Phi) is 3.57. The number of fused-ring (bicyclic) bond motifs is 1.